The summed E-state index contributed by atoms with van der Waals surface area (Å²) < 4.78 is 25.1. The molecule has 1 heterocycles. The Morgan fingerprint density at radius 2 is 1.90 bits per heavy atom. The van der Waals surface area contributed by atoms with E-state index in [1.165, 1.54) is 4.90 Å². The van der Waals surface area contributed by atoms with E-state index in [4.69, 9.17) is 16.1 Å². The molecule has 2 atom stereocenters. The predicted octanol–water partition coefficient (Wildman–Crippen LogP) is 1.19. The summed E-state index contributed by atoms with van der Waals surface area (Å²) in [6.45, 7) is 1.77. The van der Waals surface area contributed by atoms with E-state index in [9.17, 15) is 23.2 Å². The lowest BCUT2D eigenvalue weighted by Crippen LogP contribution is -2.48. The molecule has 9 nitrogen and oxygen atoms in total. The summed E-state index contributed by atoms with van der Waals surface area (Å²) in [4.78, 5) is 35.3. The number of alkyl halides is 2. The van der Waals surface area contributed by atoms with Crippen LogP contribution in [-0.4, -0.2) is 64.5 Å². The van der Waals surface area contributed by atoms with Gasteiger partial charge in [-0.25, -0.2) is 13.6 Å². The summed E-state index contributed by atoms with van der Waals surface area (Å²) in [5, 5.41) is 23.0. The van der Waals surface area contributed by atoms with Crippen LogP contribution >= 0.6 is 0 Å². The van der Waals surface area contributed by atoms with Crippen molar-refractivity contribution in [3.05, 3.63) is 0 Å². The molecule has 0 bridgehead atoms. The quantitative estimate of drug-likeness (QED) is 0.486. The molecule has 3 amide bonds. The van der Waals surface area contributed by atoms with E-state index in [0.717, 1.165) is 25.7 Å². The standard InChI is InChI=1S/C11H16N2O3.C9H13F2N3O/c14-9(7-1-2-7)12-8-5-13(10(15)16)6-11(8)3-4-11;1-8(10,11)4-6(13)7(15)14-9(5-12)2-3-9/h7-8H,1-6H2,(H,12,14)(H,15,16);6H,2-4,13H2,1H3,(H,14,15)/t;6-/m.0/s1. The van der Waals surface area contributed by atoms with E-state index in [-0.39, 0.29) is 23.3 Å². The number of nitrogens with two attached hydrogens (primary N) is 1. The van der Waals surface area contributed by atoms with Crippen LogP contribution in [0.25, 0.3) is 0 Å². The number of nitriles is 1. The smallest absolute Gasteiger partial charge is 0.407 e. The van der Waals surface area contributed by atoms with Gasteiger partial charge in [-0.05, 0) is 45.4 Å². The number of hydrogen-bond donors (Lipinski definition) is 4. The van der Waals surface area contributed by atoms with Crippen molar-refractivity contribution >= 4 is 17.9 Å². The Balaban J connectivity index is 0.000000176. The van der Waals surface area contributed by atoms with Crippen molar-refractivity contribution in [2.24, 2.45) is 17.1 Å². The number of likely N-dealkylation sites (tertiary alicyclic amines) is 1. The van der Waals surface area contributed by atoms with Gasteiger partial charge in [-0.1, -0.05) is 0 Å². The minimum Gasteiger partial charge on any atom is -0.465 e. The molecule has 4 fully saturated rings. The third-order valence-corrected chi connectivity index (χ3v) is 6.32. The number of nitrogens with one attached hydrogen (secondary N) is 2. The molecule has 1 spiro atoms. The van der Waals surface area contributed by atoms with Gasteiger partial charge in [0.05, 0.1) is 18.2 Å². The highest BCUT2D eigenvalue weighted by Gasteiger charge is 2.57. The number of carbonyl (C=O) groups excluding carboxylic acids is 2. The van der Waals surface area contributed by atoms with Crippen LogP contribution in [0.4, 0.5) is 13.6 Å². The van der Waals surface area contributed by atoms with Crippen molar-refractivity contribution in [1.82, 2.24) is 15.5 Å². The van der Waals surface area contributed by atoms with E-state index in [0.29, 0.717) is 32.9 Å². The average molecular weight is 441 g/mol. The molecule has 3 saturated carbocycles. The summed E-state index contributed by atoms with van der Waals surface area (Å²) >= 11 is 0. The van der Waals surface area contributed by atoms with Crippen LogP contribution in [0.15, 0.2) is 0 Å². The minimum atomic E-state index is -2.97. The van der Waals surface area contributed by atoms with E-state index >= 15 is 0 Å². The molecule has 1 unspecified atom stereocenters. The first-order chi connectivity index (χ1) is 14.4. The summed E-state index contributed by atoms with van der Waals surface area (Å²) in [5.41, 5.74) is 4.51. The first-order valence-corrected chi connectivity index (χ1v) is 10.5. The number of rotatable bonds is 6. The molecule has 1 aliphatic heterocycles. The molecule has 0 aromatic carbocycles. The topological polar surface area (TPSA) is 149 Å². The molecule has 11 heteroatoms. The van der Waals surface area contributed by atoms with Gasteiger partial charge in [0, 0.05) is 30.8 Å². The second-order valence-corrected chi connectivity index (χ2v) is 9.42. The maximum Gasteiger partial charge on any atom is 0.407 e. The lowest BCUT2D eigenvalue weighted by molar-refractivity contribution is -0.125. The highest BCUT2D eigenvalue weighted by atomic mass is 19.3. The summed E-state index contributed by atoms with van der Waals surface area (Å²) in [7, 11) is 0. The Labute approximate surface area is 179 Å². The van der Waals surface area contributed by atoms with Crippen LogP contribution in [0, 0.1) is 22.7 Å². The first kappa shape index (κ1) is 23.2. The van der Waals surface area contributed by atoms with E-state index in [1.807, 2.05) is 6.07 Å². The predicted molar refractivity (Wildman–Crippen MR) is 105 cm³/mol. The van der Waals surface area contributed by atoms with Crippen LogP contribution in [0.1, 0.15) is 51.9 Å². The van der Waals surface area contributed by atoms with Crippen molar-refractivity contribution in [1.29, 1.82) is 5.26 Å². The monoisotopic (exact) mass is 441 g/mol. The number of hydrogen-bond acceptors (Lipinski definition) is 5. The SMILES string of the molecule is CC(F)(F)C[C@H](N)C(=O)NC1(C#N)CC1.O=C(NC1CN(C(=O)O)CC12CC2)C1CC1. The van der Waals surface area contributed by atoms with Crippen molar-refractivity contribution < 1.29 is 28.3 Å². The fourth-order valence-corrected chi connectivity index (χ4v) is 3.81. The van der Waals surface area contributed by atoms with Crippen molar-refractivity contribution in [3.8, 4) is 6.07 Å². The van der Waals surface area contributed by atoms with Crippen LogP contribution in [0.2, 0.25) is 0 Å². The fraction of sp³-hybridized carbons (Fsp3) is 0.800. The van der Waals surface area contributed by atoms with Gasteiger partial charge in [0.2, 0.25) is 17.7 Å². The third-order valence-electron chi connectivity index (χ3n) is 6.32. The Bertz CT molecular complexity index is 781. The maximum absolute atomic E-state index is 12.5. The zero-order chi connectivity index (χ0) is 23.0. The van der Waals surface area contributed by atoms with Gasteiger partial charge in [0.25, 0.3) is 0 Å². The molecule has 4 aliphatic rings. The van der Waals surface area contributed by atoms with Gasteiger partial charge < -0.3 is 26.4 Å². The Morgan fingerprint density at radius 1 is 1.29 bits per heavy atom. The van der Waals surface area contributed by atoms with Gasteiger partial charge in [0.15, 0.2) is 0 Å². The van der Waals surface area contributed by atoms with E-state index < -0.39 is 35.9 Å². The lowest BCUT2D eigenvalue weighted by Gasteiger charge is -2.18. The number of nitrogens with zero attached hydrogens (tertiary/aromatic N) is 2. The number of carboxylic acid groups (broad SMARTS) is 1. The molecular formula is C20H29F2N5O4. The second-order valence-electron chi connectivity index (χ2n) is 9.42. The summed E-state index contributed by atoms with van der Waals surface area (Å²) in [5.74, 6) is -3.33. The summed E-state index contributed by atoms with van der Waals surface area (Å²) in [6, 6.07) is 0.711. The van der Waals surface area contributed by atoms with Crippen molar-refractivity contribution in [2.45, 2.75) is 75.4 Å². The van der Waals surface area contributed by atoms with Gasteiger partial charge in [-0.3, -0.25) is 9.59 Å². The van der Waals surface area contributed by atoms with Crippen LogP contribution in [0.5, 0.6) is 0 Å². The Hall–Kier alpha value is -2.48. The highest BCUT2D eigenvalue weighted by Crippen LogP contribution is 2.53. The lowest BCUT2D eigenvalue weighted by atomic mass is 10.0. The highest BCUT2D eigenvalue weighted by molar-refractivity contribution is 5.83. The molecule has 31 heavy (non-hydrogen) atoms. The average Bonchev–Trinajstić information content (AvgIpc) is 3.53. The van der Waals surface area contributed by atoms with E-state index in [2.05, 4.69) is 10.6 Å². The second kappa shape index (κ2) is 8.22. The van der Waals surface area contributed by atoms with Crippen molar-refractivity contribution in [2.75, 3.05) is 13.1 Å². The first-order valence-electron chi connectivity index (χ1n) is 10.5. The molecule has 3 aliphatic carbocycles. The third kappa shape index (κ3) is 6.03. The van der Waals surface area contributed by atoms with Crippen LogP contribution in [-0.2, 0) is 9.59 Å². The summed E-state index contributed by atoms with van der Waals surface area (Å²) in [6.07, 6.45) is 3.63. The van der Waals surface area contributed by atoms with Crippen molar-refractivity contribution in [3.63, 3.8) is 0 Å². The van der Waals surface area contributed by atoms with Crippen LogP contribution < -0.4 is 16.4 Å². The molecule has 5 N–H and O–H groups in total. The number of halogens is 2. The molecule has 0 aromatic rings. The fourth-order valence-electron chi connectivity index (χ4n) is 3.81. The number of amides is 3. The van der Waals surface area contributed by atoms with Crippen LogP contribution in [0.3, 0.4) is 0 Å². The maximum atomic E-state index is 12.5. The minimum absolute atomic E-state index is 0.0525. The molecule has 0 aromatic heterocycles. The molecular weight excluding hydrogens is 412 g/mol. The number of carbonyl (C=O) groups is 3. The molecule has 4 rings (SSSR count). The van der Waals surface area contributed by atoms with E-state index in [1.54, 1.807) is 0 Å². The van der Waals surface area contributed by atoms with Gasteiger partial charge in [-0.15, -0.1) is 0 Å². The van der Waals surface area contributed by atoms with Gasteiger partial charge in [-0.2, -0.15) is 5.26 Å². The molecule has 1 saturated heterocycles. The van der Waals surface area contributed by atoms with Gasteiger partial charge in [0.1, 0.15) is 5.54 Å². The Morgan fingerprint density at radius 3 is 2.32 bits per heavy atom. The van der Waals surface area contributed by atoms with Gasteiger partial charge >= 0.3 is 6.09 Å². The largest absolute Gasteiger partial charge is 0.465 e. The Kier molecular flexibility index (Phi) is 6.15. The molecule has 0 radical (unpaired) electrons. The normalized spacial score (nSPS) is 25.5. The molecule has 172 valence electrons. The zero-order valence-corrected chi connectivity index (χ0v) is 17.5. The zero-order valence-electron chi connectivity index (χ0n) is 17.5.